The molecular formula is C18H21N3O3S. The van der Waals surface area contributed by atoms with Crippen molar-refractivity contribution in [2.45, 2.75) is 24.3 Å². The summed E-state index contributed by atoms with van der Waals surface area (Å²) in [4.78, 5) is 23.5. The van der Waals surface area contributed by atoms with Crippen molar-refractivity contribution >= 4 is 23.5 Å². The van der Waals surface area contributed by atoms with Gasteiger partial charge in [-0.2, -0.15) is 0 Å². The molecule has 0 saturated heterocycles. The van der Waals surface area contributed by atoms with Gasteiger partial charge in [0, 0.05) is 23.6 Å². The van der Waals surface area contributed by atoms with Gasteiger partial charge in [0.1, 0.15) is 0 Å². The van der Waals surface area contributed by atoms with Crippen molar-refractivity contribution in [1.82, 2.24) is 10.6 Å². The van der Waals surface area contributed by atoms with Crippen LogP contribution >= 0.6 is 11.8 Å². The molecule has 2 rings (SSSR count). The lowest BCUT2D eigenvalue weighted by molar-refractivity contribution is -0.384. The summed E-state index contributed by atoms with van der Waals surface area (Å²) in [5.74, 6) is 0.921. The Morgan fingerprint density at radius 3 is 2.68 bits per heavy atom. The average molecular weight is 359 g/mol. The van der Waals surface area contributed by atoms with Crippen molar-refractivity contribution in [3.63, 3.8) is 0 Å². The van der Waals surface area contributed by atoms with Crippen molar-refractivity contribution in [2.75, 3.05) is 12.3 Å². The first-order valence-electron chi connectivity index (χ1n) is 8.03. The molecule has 0 aliphatic carbocycles. The lowest BCUT2D eigenvalue weighted by Crippen LogP contribution is -2.37. The van der Waals surface area contributed by atoms with Gasteiger partial charge in [-0.05, 0) is 36.8 Å². The van der Waals surface area contributed by atoms with Gasteiger partial charge in [0.05, 0.1) is 11.0 Å². The predicted molar refractivity (Wildman–Crippen MR) is 99.8 cm³/mol. The lowest BCUT2D eigenvalue weighted by Gasteiger charge is -2.15. The summed E-state index contributed by atoms with van der Waals surface area (Å²) in [6.45, 7) is 2.37. The van der Waals surface area contributed by atoms with E-state index in [0.717, 1.165) is 12.2 Å². The van der Waals surface area contributed by atoms with Crippen LogP contribution in [0, 0.1) is 10.1 Å². The second kappa shape index (κ2) is 9.68. The van der Waals surface area contributed by atoms with Crippen LogP contribution in [0.3, 0.4) is 0 Å². The van der Waals surface area contributed by atoms with Gasteiger partial charge in [-0.15, -0.1) is 11.8 Å². The van der Waals surface area contributed by atoms with Crippen molar-refractivity contribution in [2.24, 2.45) is 0 Å². The van der Waals surface area contributed by atoms with Crippen LogP contribution in [0.5, 0.6) is 0 Å². The summed E-state index contributed by atoms with van der Waals surface area (Å²) in [5, 5.41) is 16.4. The summed E-state index contributed by atoms with van der Waals surface area (Å²) in [5.41, 5.74) is 0.716. The van der Waals surface area contributed by atoms with Crippen molar-refractivity contribution in [1.29, 1.82) is 0 Å². The molecule has 0 fully saturated rings. The number of non-ortho nitro benzene ring substituents is 1. The molecule has 0 radical (unpaired) electrons. The van der Waals surface area contributed by atoms with Crippen LogP contribution in [0.1, 0.15) is 24.9 Å². The number of rotatable bonds is 8. The van der Waals surface area contributed by atoms with E-state index >= 15 is 0 Å². The van der Waals surface area contributed by atoms with Gasteiger partial charge in [-0.3, -0.25) is 10.1 Å². The van der Waals surface area contributed by atoms with Gasteiger partial charge in [0.2, 0.25) is 0 Å². The minimum atomic E-state index is -0.444. The number of carbonyl (C=O) groups excluding carboxylic acids is 1. The largest absolute Gasteiger partial charge is 0.338 e. The molecule has 2 aromatic carbocycles. The fourth-order valence-corrected chi connectivity index (χ4v) is 3.09. The van der Waals surface area contributed by atoms with Crippen molar-refractivity contribution in [3.05, 3.63) is 70.3 Å². The number of amides is 2. The number of urea groups is 1. The van der Waals surface area contributed by atoms with E-state index in [9.17, 15) is 14.9 Å². The molecule has 6 nitrogen and oxygen atoms in total. The Hall–Kier alpha value is -2.54. The van der Waals surface area contributed by atoms with E-state index in [-0.39, 0.29) is 17.8 Å². The highest BCUT2D eigenvalue weighted by Crippen LogP contribution is 2.19. The lowest BCUT2D eigenvalue weighted by atomic mass is 10.1. The molecule has 2 N–H and O–H groups in total. The molecule has 0 heterocycles. The summed E-state index contributed by atoms with van der Waals surface area (Å²) in [6, 6.07) is 15.8. The molecule has 7 heteroatoms. The maximum atomic E-state index is 11.9. The van der Waals surface area contributed by atoms with Gasteiger partial charge >= 0.3 is 6.03 Å². The van der Waals surface area contributed by atoms with E-state index in [2.05, 4.69) is 22.8 Å². The molecule has 132 valence electrons. The zero-order chi connectivity index (χ0) is 18.1. The number of hydrogen-bond acceptors (Lipinski definition) is 4. The van der Waals surface area contributed by atoms with E-state index < -0.39 is 4.92 Å². The quantitative estimate of drug-likeness (QED) is 0.321. The summed E-state index contributed by atoms with van der Waals surface area (Å²) >= 11 is 1.75. The van der Waals surface area contributed by atoms with Crippen LogP contribution in [0.15, 0.2) is 59.5 Å². The summed E-state index contributed by atoms with van der Waals surface area (Å²) in [6.07, 6.45) is 0.859. The summed E-state index contributed by atoms with van der Waals surface area (Å²) < 4.78 is 0. The number of thioether (sulfide) groups is 1. The number of nitrogens with zero attached hydrogens (tertiary/aromatic N) is 1. The first-order valence-corrected chi connectivity index (χ1v) is 9.01. The molecule has 0 spiro atoms. The number of hydrogen-bond donors (Lipinski definition) is 2. The third kappa shape index (κ3) is 6.46. The monoisotopic (exact) mass is 359 g/mol. The third-order valence-electron chi connectivity index (χ3n) is 3.55. The van der Waals surface area contributed by atoms with Gasteiger partial charge in [0.25, 0.3) is 5.69 Å². The molecule has 25 heavy (non-hydrogen) atoms. The van der Waals surface area contributed by atoms with E-state index in [1.165, 1.54) is 17.0 Å². The molecule has 0 saturated carbocycles. The minimum Gasteiger partial charge on any atom is -0.338 e. The molecular weight excluding hydrogens is 338 g/mol. The van der Waals surface area contributed by atoms with Crippen LogP contribution in [0.4, 0.5) is 10.5 Å². The molecule has 2 aromatic rings. The Kier molecular flexibility index (Phi) is 7.28. The molecule has 0 aromatic heterocycles. The van der Waals surface area contributed by atoms with E-state index in [1.54, 1.807) is 30.8 Å². The Bertz CT molecular complexity index is 710. The SMILES string of the molecule is CC(NC(=O)NCCCSc1ccccc1)c1cccc([N+](=O)[O-])c1. The van der Waals surface area contributed by atoms with Crippen LogP contribution in [0.25, 0.3) is 0 Å². The van der Waals surface area contributed by atoms with Crippen LogP contribution in [-0.4, -0.2) is 23.3 Å². The minimum absolute atomic E-state index is 0.0181. The fraction of sp³-hybridized carbons (Fsp3) is 0.278. The highest BCUT2D eigenvalue weighted by molar-refractivity contribution is 7.99. The number of nitro groups is 1. The second-order valence-corrected chi connectivity index (χ2v) is 6.66. The van der Waals surface area contributed by atoms with E-state index in [4.69, 9.17) is 0 Å². The molecule has 0 aliphatic heterocycles. The molecule has 1 atom stereocenters. The Morgan fingerprint density at radius 1 is 1.20 bits per heavy atom. The smallest absolute Gasteiger partial charge is 0.315 e. The molecule has 0 bridgehead atoms. The maximum Gasteiger partial charge on any atom is 0.315 e. The first-order chi connectivity index (χ1) is 12.1. The standard InChI is InChI=1S/C18H21N3O3S/c1-14(15-7-5-8-16(13-15)21(23)24)20-18(22)19-11-6-12-25-17-9-3-2-4-10-17/h2-5,7-10,13-14H,6,11-12H2,1H3,(H2,19,20,22). The van der Waals surface area contributed by atoms with Crippen LogP contribution < -0.4 is 10.6 Å². The van der Waals surface area contributed by atoms with Gasteiger partial charge in [-0.25, -0.2) is 4.79 Å². The zero-order valence-electron chi connectivity index (χ0n) is 14.0. The van der Waals surface area contributed by atoms with Crippen LogP contribution in [0.2, 0.25) is 0 Å². The molecule has 2 amide bonds. The van der Waals surface area contributed by atoms with Crippen molar-refractivity contribution in [3.8, 4) is 0 Å². The van der Waals surface area contributed by atoms with Gasteiger partial charge in [0.15, 0.2) is 0 Å². The predicted octanol–water partition coefficient (Wildman–Crippen LogP) is 4.14. The van der Waals surface area contributed by atoms with Crippen molar-refractivity contribution < 1.29 is 9.72 Å². The fourth-order valence-electron chi connectivity index (χ4n) is 2.22. The number of nitro benzene ring substituents is 1. The third-order valence-corrected chi connectivity index (χ3v) is 4.65. The first kappa shape index (κ1) is 18.8. The topological polar surface area (TPSA) is 84.3 Å². The maximum absolute atomic E-state index is 11.9. The highest BCUT2D eigenvalue weighted by Gasteiger charge is 2.12. The normalized spacial score (nSPS) is 11.6. The molecule has 1 unspecified atom stereocenters. The Labute approximate surface area is 151 Å². The highest BCUT2D eigenvalue weighted by atomic mass is 32.2. The number of carbonyl (C=O) groups is 1. The van der Waals surface area contributed by atoms with Gasteiger partial charge < -0.3 is 10.6 Å². The second-order valence-electron chi connectivity index (χ2n) is 5.49. The Morgan fingerprint density at radius 2 is 1.96 bits per heavy atom. The summed E-state index contributed by atoms with van der Waals surface area (Å²) in [7, 11) is 0. The van der Waals surface area contributed by atoms with Gasteiger partial charge in [-0.1, -0.05) is 30.3 Å². The molecule has 0 aliphatic rings. The number of nitrogens with one attached hydrogen (secondary N) is 2. The van der Waals surface area contributed by atoms with E-state index in [1.807, 2.05) is 18.2 Å². The Balaban J connectivity index is 1.69. The zero-order valence-corrected chi connectivity index (χ0v) is 14.8. The van der Waals surface area contributed by atoms with Crippen LogP contribution in [-0.2, 0) is 0 Å². The van der Waals surface area contributed by atoms with E-state index in [0.29, 0.717) is 12.1 Å². The number of benzene rings is 2. The average Bonchev–Trinajstić information content (AvgIpc) is 2.62.